The van der Waals surface area contributed by atoms with Gasteiger partial charge in [0, 0.05) is 23.6 Å². The van der Waals surface area contributed by atoms with Crippen molar-refractivity contribution in [3.8, 4) is 5.69 Å². The highest BCUT2D eigenvalue weighted by Gasteiger charge is 2.18. The summed E-state index contributed by atoms with van der Waals surface area (Å²) in [4.78, 5) is 23.2. The minimum Gasteiger partial charge on any atom is -0.331 e. The fourth-order valence-electron chi connectivity index (χ4n) is 3.34. The summed E-state index contributed by atoms with van der Waals surface area (Å²) in [5.41, 5.74) is 3.20. The Morgan fingerprint density at radius 3 is 2.39 bits per heavy atom. The molecule has 1 aromatic heterocycles. The number of benzene rings is 3. The molecule has 2 N–H and O–H groups in total. The lowest BCUT2D eigenvalue weighted by Gasteiger charge is -2.13. The largest absolute Gasteiger partial charge is 0.331 e. The van der Waals surface area contributed by atoms with Gasteiger partial charge in [0.15, 0.2) is 11.0 Å². The van der Waals surface area contributed by atoms with Crippen molar-refractivity contribution in [2.75, 3.05) is 5.32 Å². The van der Waals surface area contributed by atoms with Gasteiger partial charge in [-0.3, -0.25) is 14.7 Å². The van der Waals surface area contributed by atoms with Crippen molar-refractivity contribution in [3.05, 3.63) is 104 Å². The molecule has 0 unspecified atom stereocenters. The first kappa shape index (κ1) is 25.5. The molecular formula is C24H20Cl2N6O3S. The van der Waals surface area contributed by atoms with E-state index in [1.54, 1.807) is 34.9 Å². The Balaban J connectivity index is 1.56. The van der Waals surface area contributed by atoms with Gasteiger partial charge in [0.05, 0.1) is 27.2 Å². The van der Waals surface area contributed by atoms with Crippen LogP contribution in [-0.4, -0.2) is 25.7 Å². The lowest BCUT2D eigenvalue weighted by molar-refractivity contribution is -0.384. The number of carbonyl (C=O) groups excluding carboxylic acids is 1. The van der Waals surface area contributed by atoms with Gasteiger partial charge in [0.25, 0.3) is 5.69 Å². The Labute approximate surface area is 221 Å². The zero-order chi connectivity index (χ0) is 25.7. The van der Waals surface area contributed by atoms with E-state index >= 15 is 0 Å². The van der Waals surface area contributed by atoms with Crippen molar-refractivity contribution in [1.29, 1.82) is 0 Å². The van der Waals surface area contributed by atoms with Crippen molar-refractivity contribution < 1.29 is 9.72 Å². The van der Waals surface area contributed by atoms with E-state index in [1.165, 1.54) is 23.9 Å². The molecule has 0 saturated heterocycles. The summed E-state index contributed by atoms with van der Waals surface area (Å²) in [6.45, 7) is 2.07. The number of thioether (sulfide) groups is 1. The summed E-state index contributed by atoms with van der Waals surface area (Å²) in [5, 5.41) is 26.2. The number of hydrogen-bond donors (Lipinski definition) is 2. The number of carbonyl (C=O) groups is 1. The second kappa shape index (κ2) is 11.4. The SMILES string of the molecule is Cc1ccccc1CSc1nnc(CNC(=O)Nc2c(Cl)cccc2Cl)n1-c1ccc([N+](=O)[O-])cc1. The number of nitro groups is 1. The fourth-order valence-corrected chi connectivity index (χ4v) is 4.88. The van der Waals surface area contributed by atoms with E-state index in [0.29, 0.717) is 38.2 Å². The number of nitrogens with one attached hydrogen (secondary N) is 2. The number of non-ortho nitro benzene ring substituents is 1. The van der Waals surface area contributed by atoms with E-state index in [-0.39, 0.29) is 12.2 Å². The average Bonchev–Trinajstić information content (AvgIpc) is 3.27. The monoisotopic (exact) mass is 542 g/mol. The summed E-state index contributed by atoms with van der Waals surface area (Å²) in [6, 6.07) is 18.5. The quantitative estimate of drug-likeness (QED) is 0.151. The lowest BCUT2D eigenvalue weighted by Crippen LogP contribution is -2.29. The van der Waals surface area contributed by atoms with Crippen molar-refractivity contribution in [1.82, 2.24) is 20.1 Å². The van der Waals surface area contributed by atoms with Crippen LogP contribution in [0.15, 0.2) is 71.9 Å². The number of nitrogens with zero attached hydrogens (tertiary/aromatic N) is 4. The summed E-state index contributed by atoms with van der Waals surface area (Å²) >= 11 is 13.7. The third kappa shape index (κ3) is 5.96. The van der Waals surface area contributed by atoms with Crippen LogP contribution in [0.25, 0.3) is 5.69 Å². The second-order valence-corrected chi connectivity index (χ2v) is 9.38. The zero-order valence-electron chi connectivity index (χ0n) is 18.9. The maximum atomic E-state index is 12.5. The third-order valence-electron chi connectivity index (χ3n) is 5.25. The molecule has 4 aromatic rings. The van der Waals surface area contributed by atoms with Gasteiger partial charge >= 0.3 is 6.03 Å². The molecule has 9 nitrogen and oxygen atoms in total. The number of para-hydroxylation sites is 1. The van der Waals surface area contributed by atoms with Crippen LogP contribution in [0.5, 0.6) is 0 Å². The van der Waals surface area contributed by atoms with Gasteiger partial charge in [0.1, 0.15) is 0 Å². The predicted molar refractivity (Wildman–Crippen MR) is 141 cm³/mol. The van der Waals surface area contributed by atoms with Crippen LogP contribution in [0, 0.1) is 17.0 Å². The van der Waals surface area contributed by atoms with Gasteiger partial charge < -0.3 is 10.6 Å². The van der Waals surface area contributed by atoms with E-state index in [1.807, 2.05) is 31.2 Å². The molecule has 0 atom stereocenters. The number of urea groups is 1. The van der Waals surface area contributed by atoms with Crippen LogP contribution < -0.4 is 10.6 Å². The molecule has 12 heteroatoms. The second-order valence-electron chi connectivity index (χ2n) is 7.63. The van der Waals surface area contributed by atoms with Crippen LogP contribution in [0.1, 0.15) is 17.0 Å². The van der Waals surface area contributed by atoms with Crippen molar-refractivity contribution in [2.45, 2.75) is 24.4 Å². The van der Waals surface area contributed by atoms with E-state index in [4.69, 9.17) is 23.2 Å². The lowest BCUT2D eigenvalue weighted by atomic mass is 10.1. The molecule has 0 aliphatic carbocycles. The van der Waals surface area contributed by atoms with Crippen molar-refractivity contribution in [3.63, 3.8) is 0 Å². The average molecular weight is 543 g/mol. The molecule has 0 fully saturated rings. The highest BCUT2D eigenvalue weighted by molar-refractivity contribution is 7.98. The number of aryl methyl sites for hydroxylation is 1. The maximum Gasteiger partial charge on any atom is 0.319 e. The first-order valence-electron chi connectivity index (χ1n) is 10.7. The topological polar surface area (TPSA) is 115 Å². The molecule has 3 aromatic carbocycles. The van der Waals surface area contributed by atoms with Gasteiger partial charge in [-0.1, -0.05) is 65.3 Å². The fraction of sp³-hybridized carbons (Fsp3) is 0.125. The van der Waals surface area contributed by atoms with Crippen LogP contribution in [-0.2, 0) is 12.3 Å². The number of hydrogen-bond acceptors (Lipinski definition) is 6. The number of halogens is 2. The number of anilines is 1. The molecule has 0 aliphatic heterocycles. The van der Waals surface area contributed by atoms with Crippen LogP contribution >= 0.6 is 35.0 Å². The normalized spacial score (nSPS) is 10.8. The molecular weight excluding hydrogens is 523 g/mol. The van der Waals surface area contributed by atoms with E-state index < -0.39 is 11.0 Å². The zero-order valence-corrected chi connectivity index (χ0v) is 21.3. The van der Waals surface area contributed by atoms with E-state index in [9.17, 15) is 14.9 Å². The molecule has 0 spiro atoms. The Bertz CT molecular complexity index is 1390. The van der Waals surface area contributed by atoms with Gasteiger partial charge in [-0.2, -0.15) is 0 Å². The predicted octanol–water partition coefficient (Wildman–Crippen LogP) is 6.40. The molecule has 0 aliphatic rings. The van der Waals surface area contributed by atoms with Crippen molar-refractivity contribution in [2.24, 2.45) is 0 Å². The number of rotatable bonds is 8. The Morgan fingerprint density at radius 2 is 1.72 bits per heavy atom. The first-order valence-corrected chi connectivity index (χ1v) is 12.4. The summed E-state index contributed by atoms with van der Waals surface area (Å²) in [6.07, 6.45) is 0. The Kier molecular flexibility index (Phi) is 8.09. The molecule has 0 saturated carbocycles. The third-order valence-corrected chi connectivity index (χ3v) is 6.85. The summed E-state index contributed by atoms with van der Waals surface area (Å²) < 4.78 is 1.76. The van der Waals surface area contributed by atoms with E-state index in [2.05, 4.69) is 20.8 Å². The number of nitro benzene ring substituents is 1. The highest BCUT2D eigenvalue weighted by Crippen LogP contribution is 2.30. The maximum absolute atomic E-state index is 12.5. The van der Waals surface area contributed by atoms with E-state index in [0.717, 1.165) is 11.1 Å². The van der Waals surface area contributed by atoms with Gasteiger partial charge in [-0.25, -0.2) is 4.79 Å². The minimum absolute atomic E-state index is 0.0306. The van der Waals surface area contributed by atoms with Crippen LogP contribution in [0.2, 0.25) is 10.0 Å². The molecule has 36 heavy (non-hydrogen) atoms. The van der Waals surface area contributed by atoms with Crippen LogP contribution in [0.4, 0.5) is 16.2 Å². The highest BCUT2D eigenvalue weighted by atomic mass is 35.5. The molecule has 2 amide bonds. The first-order chi connectivity index (χ1) is 17.3. The molecule has 0 radical (unpaired) electrons. The van der Waals surface area contributed by atoms with Gasteiger partial charge in [-0.15, -0.1) is 10.2 Å². The smallest absolute Gasteiger partial charge is 0.319 e. The van der Waals surface area contributed by atoms with Crippen molar-refractivity contribution >= 4 is 52.4 Å². The molecule has 0 bridgehead atoms. The molecule has 184 valence electrons. The standard InChI is InChI=1S/C24H20Cl2N6O3S/c1-15-5-2-3-6-16(15)14-36-24-30-29-21(31(24)17-9-11-18(12-10-17)32(34)35)13-27-23(33)28-22-19(25)7-4-8-20(22)26/h2-12H,13-14H2,1H3,(H2,27,28,33). The molecule has 1 heterocycles. The van der Waals surface area contributed by atoms with Gasteiger partial charge in [0.2, 0.25) is 0 Å². The van der Waals surface area contributed by atoms with Crippen LogP contribution in [0.3, 0.4) is 0 Å². The Hall–Kier alpha value is -3.60. The van der Waals surface area contributed by atoms with Gasteiger partial charge in [-0.05, 0) is 42.3 Å². The summed E-state index contributed by atoms with van der Waals surface area (Å²) in [5.74, 6) is 1.09. The number of aromatic nitrogens is 3. The summed E-state index contributed by atoms with van der Waals surface area (Å²) in [7, 11) is 0. The Morgan fingerprint density at radius 1 is 1.03 bits per heavy atom. The number of amides is 2. The minimum atomic E-state index is -0.530. The molecule has 4 rings (SSSR count).